The summed E-state index contributed by atoms with van der Waals surface area (Å²) in [5, 5.41) is 9.54. The van der Waals surface area contributed by atoms with E-state index in [1.54, 1.807) is 4.90 Å². The number of hydrogen-bond acceptors (Lipinski definition) is 5. The maximum atomic E-state index is 12.7. The van der Waals surface area contributed by atoms with Crippen molar-refractivity contribution in [1.82, 2.24) is 20.9 Å². The Morgan fingerprint density at radius 3 is 1.95 bits per heavy atom. The number of alkyl halides is 3. The third-order valence-electron chi connectivity index (χ3n) is 3.47. The Balaban J connectivity index is 0.000000246. The first-order valence-corrected chi connectivity index (χ1v) is 7.48. The summed E-state index contributed by atoms with van der Waals surface area (Å²) in [6.07, 6.45) is -2.94. The molecule has 8 heteroatoms. The summed E-state index contributed by atoms with van der Waals surface area (Å²) < 4.78 is 38.2. The standard InChI is InChI=1S/C10H12F3N3.C4H10N2/c11-10(12,13)8-2-1-3-15-9(8)16-6-4-14-5-7-16;1-2-6-4-3-5-1/h1-3,14H,4-7H2;5-6H,1-4H2. The van der Waals surface area contributed by atoms with Crippen LogP contribution in [-0.4, -0.2) is 57.3 Å². The third kappa shape index (κ3) is 5.11. The van der Waals surface area contributed by atoms with Crippen LogP contribution in [0.25, 0.3) is 0 Å². The molecule has 5 nitrogen and oxygen atoms in total. The molecule has 22 heavy (non-hydrogen) atoms. The van der Waals surface area contributed by atoms with E-state index >= 15 is 0 Å². The van der Waals surface area contributed by atoms with Gasteiger partial charge in [-0.15, -0.1) is 0 Å². The minimum Gasteiger partial charge on any atom is -0.354 e. The monoisotopic (exact) mass is 317 g/mol. The smallest absolute Gasteiger partial charge is 0.354 e. The SMILES string of the molecule is C1CNCCN1.FC(F)(F)c1cccnc1N1CCNCC1. The number of piperazine rings is 2. The molecule has 2 fully saturated rings. The second-order valence-electron chi connectivity index (χ2n) is 5.11. The Morgan fingerprint density at radius 2 is 1.45 bits per heavy atom. The van der Waals surface area contributed by atoms with Crippen molar-refractivity contribution in [1.29, 1.82) is 0 Å². The highest BCUT2D eigenvalue weighted by Crippen LogP contribution is 2.35. The van der Waals surface area contributed by atoms with Gasteiger partial charge in [0.05, 0.1) is 5.56 Å². The zero-order valence-electron chi connectivity index (χ0n) is 12.4. The van der Waals surface area contributed by atoms with Gasteiger partial charge in [-0.05, 0) is 12.1 Å². The molecule has 3 N–H and O–H groups in total. The van der Waals surface area contributed by atoms with Crippen molar-refractivity contribution in [3.63, 3.8) is 0 Å². The van der Waals surface area contributed by atoms with Gasteiger partial charge in [-0.3, -0.25) is 0 Å². The van der Waals surface area contributed by atoms with Gasteiger partial charge in [0.1, 0.15) is 5.82 Å². The molecule has 1 aromatic heterocycles. The Labute approximate surface area is 128 Å². The third-order valence-corrected chi connectivity index (χ3v) is 3.47. The highest BCUT2D eigenvalue weighted by molar-refractivity contribution is 5.48. The molecule has 124 valence electrons. The highest BCUT2D eigenvalue weighted by atomic mass is 19.4. The Hall–Kier alpha value is -1.38. The predicted octanol–water partition coefficient (Wildman–Crippen LogP) is 0.689. The normalized spacial score (nSPS) is 19.3. The summed E-state index contributed by atoms with van der Waals surface area (Å²) in [6, 6.07) is 2.39. The first-order chi connectivity index (χ1) is 10.6. The Bertz CT molecular complexity index is 431. The average Bonchev–Trinajstić information content (AvgIpc) is 2.57. The fraction of sp³-hybridized carbons (Fsp3) is 0.643. The van der Waals surface area contributed by atoms with Gasteiger partial charge >= 0.3 is 6.18 Å². The molecule has 2 aliphatic rings. The van der Waals surface area contributed by atoms with Crippen molar-refractivity contribution in [2.45, 2.75) is 6.18 Å². The Morgan fingerprint density at radius 1 is 0.909 bits per heavy atom. The lowest BCUT2D eigenvalue weighted by Gasteiger charge is -2.30. The molecular formula is C14H22F3N5. The minimum atomic E-state index is -4.34. The van der Waals surface area contributed by atoms with Crippen molar-refractivity contribution in [3.8, 4) is 0 Å². The van der Waals surface area contributed by atoms with Crippen LogP contribution in [0.15, 0.2) is 18.3 Å². The van der Waals surface area contributed by atoms with E-state index in [2.05, 4.69) is 20.9 Å². The van der Waals surface area contributed by atoms with Crippen LogP contribution in [0, 0.1) is 0 Å². The van der Waals surface area contributed by atoms with Crippen LogP contribution in [0.2, 0.25) is 0 Å². The zero-order chi connectivity index (χ0) is 15.8. The van der Waals surface area contributed by atoms with Crippen LogP contribution >= 0.6 is 0 Å². The van der Waals surface area contributed by atoms with Crippen LogP contribution in [0.3, 0.4) is 0 Å². The van der Waals surface area contributed by atoms with Gasteiger partial charge in [0.25, 0.3) is 0 Å². The molecular weight excluding hydrogens is 295 g/mol. The number of anilines is 1. The lowest BCUT2D eigenvalue weighted by molar-refractivity contribution is -0.137. The van der Waals surface area contributed by atoms with Gasteiger partial charge in [-0.25, -0.2) is 4.98 Å². The summed E-state index contributed by atoms with van der Waals surface area (Å²) in [6.45, 7) is 7.04. The molecule has 3 heterocycles. The molecule has 0 atom stereocenters. The maximum Gasteiger partial charge on any atom is 0.419 e. The van der Waals surface area contributed by atoms with Gasteiger partial charge in [-0.2, -0.15) is 13.2 Å². The van der Waals surface area contributed by atoms with Crippen LogP contribution in [0.4, 0.5) is 19.0 Å². The molecule has 0 aromatic carbocycles. The average molecular weight is 317 g/mol. The largest absolute Gasteiger partial charge is 0.419 e. The van der Waals surface area contributed by atoms with Gasteiger partial charge < -0.3 is 20.9 Å². The molecule has 0 aliphatic carbocycles. The second kappa shape index (κ2) is 8.30. The van der Waals surface area contributed by atoms with E-state index in [1.165, 1.54) is 12.3 Å². The van der Waals surface area contributed by atoms with Crippen LogP contribution in [0.1, 0.15) is 5.56 Å². The summed E-state index contributed by atoms with van der Waals surface area (Å²) in [4.78, 5) is 5.51. The minimum absolute atomic E-state index is 0.0384. The molecule has 2 aliphatic heterocycles. The molecule has 0 bridgehead atoms. The summed E-state index contributed by atoms with van der Waals surface area (Å²) in [5.74, 6) is 0.0384. The molecule has 0 saturated carbocycles. The number of nitrogens with zero attached hydrogens (tertiary/aromatic N) is 2. The number of halogens is 3. The van der Waals surface area contributed by atoms with Gasteiger partial charge in [-0.1, -0.05) is 0 Å². The van der Waals surface area contributed by atoms with E-state index in [4.69, 9.17) is 0 Å². The Kier molecular flexibility index (Phi) is 6.41. The first kappa shape index (κ1) is 17.0. The van der Waals surface area contributed by atoms with Crippen LogP contribution in [-0.2, 0) is 6.18 Å². The lowest BCUT2D eigenvalue weighted by Crippen LogP contribution is -2.44. The maximum absolute atomic E-state index is 12.7. The van der Waals surface area contributed by atoms with Gasteiger partial charge in [0.15, 0.2) is 0 Å². The molecule has 3 rings (SSSR count). The summed E-state index contributed by atoms with van der Waals surface area (Å²) in [5.41, 5.74) is -0.656. The van der Waals surface area contributed by atoms with Crippen molar-refractivity contribution >= 4 is 5.82 Å². The number of pyridine rings is 1. The zero-order valence-corrected chi connectivity index (χ0v) is 12.4. The molecule has 0 spiro atoms. The van der Waals surface area contributed by atoms with Gasteiger partial charge in [0, 0.05) is 58.6 Å². The van der Waals surface area contributed by atoms with Crippen LogP contribution in [0.5, 0.6) is 0 Å². The van der Waals surface area contributed by atoms with E-state index in [-0.39, 0.29) is 5.82 Å². The van der Waals surface area contributed by atoms with Crippen molar-refractivity contribution in [3.05, 3.63) is 23.9 Å². The van der Waals surface area contributed by atoms with Gasteiger partial charge in [0.2, 0.25) is 0 Å². The van der Waals surface area contributed by atoms with E-state index < -0.39 is 11.7 Å². The number of rotatable bonds is 1. The molecule has 0 amide bonds. The van der Waals surface area contributed by atoms with Crippen molar-refractivity contribution < 1.29 is 13.2 Å². The fourth-order valence-electron chi connectivity index (χ4n) is 2.35. The predicted molar refractivity (Wildman–Crippen MR) is 80.1 cm³/mol. The van der Waals surface area contributed by atoms with Crippen molar-refractivity contribution in [2.24, 2.45) is 0 Å². The molecule has 1 aromatic rings. The first-order valence-electron chi connectivity index (χ1n) is 7.48. The van der Waals surface area contributed by atoms with E-state index in [0.717, 1.165) is 32.2 Å². The molecule has 2 saturated heterocycles. The summed E-state index contributed by atoms with van der Waals surface area (Å²) >= 11 is 0. The van der Waals surface area contributed by atoms with E-state index in [9.17, 15) is 13.2 Å². The van der Waals surface area contributed by atoms with Crippen LogP contribution < -0.4 is 20.9 Å². The fourth-order valence-corrected chi connectivity index (χ4v) is 2.35. The van der Waals surface area contributed by atoms with E-state index in [0.29, 0.717) is 26.2 Å². The number of aromatic nitrogens is 1. The quantitative estimate of drug-likeness (QED) is 0.712. The number of nitrogens with one attached hydrogen (secondary N) is 3. The second-order valence-corrected chi connectivity index (χ2v) is 5.11. The van der Waals surface area contributed by atoms with E-state index in [1.807, 2.05) is 0 Å². The highest BCUT2D eigenvalue weighted by Gasteiger charge is 2.35. The molecule has 0 unspecified atom stereocenters. The van der Waals surface area contributed by atoms with Crippen molar-refractivity contribution in [2.75, 3.05) is 57.3 Å². The summed E-state index contributed by atoms with van der Waals surface area (Å²) in [7, 11) is 0. The number of hydrogen-bond donors (Lipinski definition) is 3. The molecule has 0 radical (unpaired) electrons. The topological polar surface area (TPSA) is 52.2 Å². The lowest BCUT2D eigenvalue weighted by atomic mass is 10.2.